The van der Waals surface area contributed by atoms with Crippen molar-refractivity contribution in [3.63, 3.8) is 0 Å². The Hall–Kier alpha value is -1.30. The molecule has 7 heteroatoms. The van der Waals surface area contributed by atoms with Crippen molar-refractivity contribution in [1.82, 2.24) is 4.98 Å². The monoisotopic (exact) mass is 322 g/mol. The summed E-state index contributed by atoms with van der Waals surface area (Å²) in [5, 5.41) is -0.0859. The number of alkyl halides is 2. The van der Waals surface area contributed by atoms with Crippen LogP contribution >= 0.6 is 24.0 Å². The molecule has 0 saturated carbocycles. The molecule has 1 aromatic carbocycles. The molecule has 0 saturated heterocycles. The minimum Gasteiger partial charge on any atom is -0.325 e. The highest BCUT2D eigenvalue weighted by atomic mass is 35.5. The standard InChI is InChI=1S/C13H10ClF3N2.ClH/c14-11-5-8(9-2-4-12(15)19-6-9)1-3-10(11)13(16,17)7-18;/h1-6H,7,18H2;1H. The Balaban J connectivity index is 0.00000200. The van der Waals surface area contributed by atoms with Gasteiger partial charge < -0.3 is 5.73 Å². The molecule has 2 nitrogen and oxygen atoms in total. The number of nitrogens with two attached hydrogens (primary N) is 1. The first-order chi connectivity index (χ1) is 8.94. The maximum Gasteiger partial charge on any atom is 0.286 e. The maximum absolute atomic E-state index is 13.5. The number of aromatic nitrogens is 1. The predicted octanol–water partition coefficient (Wildman–Crippen LogP) is 4.01. The first-order valence-corrected chi connectivity index (χ1v) is 5.81. The smallest absolute Gasteiger partial charge is 0.286 e. The van der Waals surface area contributed by atoms with Crippen LogP contribution in [0.25, 0.3) is 11.1 Å². The number of hydrogen-bond acceptors (Lipinski definition) is 2. The number of nitrogens with zero attached hydrogens (tertiary/aromatic N) is 1. The minimum atomic E-state index is -3.17. The fourth-order valence-corrected chi connectivity index (χ4v) is 1.97. The summed E-state index contributed by atoms with van der Waals surface area (Å²) in [6, 6.07) is 6.75. The Bertz CT molecular complexity index is 589. The zero-order valence-electron chi connectivity index (χ0n) is 10.1. The molecule has 0 aliphatic rings. The van der Waals surface area contributed by atoms with E-state index in [4.69, 9.17) is 17.3 Å². The van der Waals surface area contributed by atoms with E-state index in [2.05, 4.69) is 4.98 Å². The predicted molar refractivity (Wildman–Crippen MR) is 74.8 cm³/mol. The van der Waals surface area contributed by atoms with Crippen molar-refractivity contribution in [2.45, 2.75) is 5.92 Å². The van der Waals surface area contributed by atoms with Crippen molar-refractivity contribution in [3.05, 3.63) is 53.1 Å². The van der Waals surface area contributed by atoms with Crippen LogP contribution < -0.4 is 5.73 Å². The SMILES string of the molecule is Cl.NCC(F)(F)c1ccc(-c2ccc(F)nc2)cc1Cl. The van der Waals surface area contributed by atoms with E-state index in [1.807, 2.05) is 0 Å². The average molecular weight is 323 g/mol. The molecule has 1 aromatic heterocycles. The molecule has 2 N–H and O–H groups in total. The highest BCUT2D eigenvalue weighted by molar-refractivity contribution is 6.31. The van der Waals surface area contributed by atoms with Crippen LogP contribution in [0.2, 0.25) is 5.02 Å². The summed E-state index contributed by atoms with van der Waals surface area (Å²) in [6.45, 7) is -0.815. The summed E-state index contributed by atoms with van der Waals surface area (Å²) in [5.41, 5.74) is 5.86. The van der Waals surface area contributed by atoms with Crippen LogP contribution in [0, 0.1) is 5.95 Å². The molecule has 2 aromatic rings. The average Bonchev–Trinajstić information content (AvgIpc) is 2.39. The molecule has 0 aliphatic carbocycles. The molecule has 0 radical (unpaired) electrons. The van der Waals surface area contributed by atoms with Gasteiger partial charge in [-0.15, -0.1) is 12.4 Å². The lowest BCUT2D eigenvalue weighted by molar-refractivity contribution is 0.00608. The van der Waals surface area contributed by atoms with E-state index in [-0.39, 0.29) is 23.0 Å². The molecule has 0 spiro atoms. The van der Waals surface area contributed by atoms with Crippen LogP contribution in [-0.4, -0.2) is 11.5 Å². The van der Waals surface area contributed by atoms with E-state index in [0.717, 1.165) is 0 Å². The first kappa shape index (κ1) is 16.8. The molecule has 0 unspecified atom stereocenters. The fourth-order valence-electron chi connectivity index (χ4n) is 1.65. The van der Waals surface area contributed by atoms with Gasteiger partial charge >= 0.3 is 0 Å². The van der Waals surface area contributed by atoms with Gasteiger partial charge in [-0.3, -0.25) is 0 Å². The van der Waals surface area contributed by atoms with Crippen molar-refractivity contribution < 1.29 is 13.2 Å². The van der Waals surface area contributed by atoms with Gasteiger partial charge in [0.1, 0.15) is 0 Å². The third-order valence-electron chi connectivity index (χ3n) is 2.68. The van der Waals surface area contributed by atoms with Crippen molar-refractivity contribution in [3.8, 4) is 11.1 Å². The Morgan fingerprint density at radius 1 is 1.15 bits per heavy atom. The van der Waals surface area contributed by atoms with E-state index >= 15 is 0 Å². The second-order valence-electron chi connectivity index (χ2n) is 3.97. The third-order valence-corrected chi connectivity index (χ3v) is 2.99. The molecule has 0 fully saturated rings. The van der Waals surface area contributed by atoms with Gasteiger partial charge in [-0.1, -0.05) is 23.7 Å². The van der Waals surface area contributed by atoms with Gasteiger partial charge in [0.15, 0.2) is 0 Å². The number of halogens is 5. The third kappa shape index (κ3) is 3.42. The van der Waals surface area contributed by atoms with E-state index < -0.39 is 18.4 Å². The number of rotatable bonds is 3. The van der Waals surface area contributed by atoms with Gasteiger partial charge in [0, 0.05) is 17.3 Å². The van der Waals surface area contributed by atoms with Gasteiger partial charge in [-0.25, -0.2) is 4.98 Å². The molecule has 0 atom stereocenters. The van der Waals surface area contributed by atoms with Crippen molar-refractivity contribution >= 4 is 24.0 Å². The van der Waals surface area contributed by atoms with Crippen LogP contribution in [0.15, 0.2) is 36.5 Å². The molecule has 1 heterocycles. The highest BCUT2D eigenvalue weighted by Gasteiger charge is 2.31. The Morgan fingerprint density at radius 2 is 1.80 bits per heavy atom. The normalized spacial score (nSPS) is 11.1. The molecular formula is C13H11Cl2F3N2. The van der Waals surface area contributed by atoms with Gasteiger partial charge in [0.05, 0.1) is 11.6 Å². The quantitative estimate of drug-likeness (QED) is 0.867. The van der Waals surface area contributed by atoms with E-state index in [1.54, 1.807) is 0 Å². The van der Waals surface area contributed by atoms with Crippen molar-refractivity contribution in [1.29, 1.82) is 0 Å². The summed E-state index contributed by atoms with van der Waals surface area (Å²) < 4.78 is 39.6. The Morgan fingerprint density at radius 3 is 2.30 bits per heavy atom. The second-order valence-corrected chi connectivity index (χ2v) is 4.38. The lowest BCUT2D eigenvalue weighted by Gasteiger charge is -2.16. The summed E-state index contributed by atoms with van der Waals surface area (Å²) in [4.78, 5) is 3.49. The van der Waals surface area contributed by atoms with E-state index in [0.29, 0.717) is 11.1 Å². The summed E-state index contributed by atoms with van der Waals surface area (Å²) >= 11 is 5.84. The van der Waals surface area contributed by atoms with Crippen LogP contribution in [0.3, 0.4) is 0 Å². The van der Waals surface area contributed by atoms with Gasteiger partial charge in [-0.05, 0) is 23.8 Å². The summed E-state index contributed by atoms with van der Waals surface area (Å²) in [7, 11) is 0. The summed E-state index contributed by atoms with van der Waals surface area (Å²) in [6.07, 6.45) is 1.31. The van der Waals surface area contributed by atoms with Crippen LogP contribution in [-0.2, 0) is 5.92 Å². The zero-order chi connectivity index (χ0) is 14.0. The Kier molecular flexibility index (Phi) is 5.39. The maximum atomic E-state index is 13.5. The summed E-state index contributed by atoms with van der Waals surface area (Å²) in [5.74, 6) is -3.78. The molecule has 108 valence electrons. The second kappa shape index (κ2) is 6.43. The van der Waals surface area contributed by atoms with Crippen LogP contribution in [0.5, 0.6) is 0 Å². The minimum absolute atomic E-state index is 0. The van der Waals surface area contributed by atoms with Gasteiger partial charge in [-0.2, -0.15) is 13.2 Å². The number of pyridine rings is 1. The largest absolute Gasteiger partial charge is 0.325 e. The lowest BCUT2D eigenvalue weighted by atomic mass is 10.0. The number of hydrogen-bond donors (Lipinski definition) is 1. The first-order valence-electron chi connectivity index (χ1n) is 5.44. The topological polar surface area (TPSA) is 38.9 Å². The molecule has 0 aliphatic heterocycles. The molecular weight excluding hydrogens is 312 g/mol. The molecule has 20 heavy (non-hydrogen) atoms. The Labute approximate surface area is 125 Å². The van der Waals surface area contributed by atoms with Crippen LogP contribution in [0.4, 0.5) is 13.2 Å². The number of benzene rings is 1. The lowest BCUT2D eigenvalue weighted by Crippen LogP contribution is -2.25. The molecule has 2 rings (SSSR count). The van der Waals surface area contributed by atoms with Crippen LogP contribution in [0.1, 0.15) is 5.56 Å². The van der Waals surface area contributed by atoms with Crippen molar-refractivity contribution in [2.24, 2.45) is 5.73 Å². The van der Waals surface area contributed by atoms with Gasteiger partial charge in [0.2, 0.25) is 5.95 Å². The highest BCUT2D eigenvalue weighted by Crippen LogP contribution is 2.35. The molecule has 0 bridgehead atoms. The fraction of sp³-hybridized carbons (Fsp3) is 0.154. The van der Waals surface area contributed by atoms with E-state index in [9.17, 15) is 13.2 Å². The molecule has 0 amide bonds. The van der Waals surface area contributed by atoms with E-state index in [1.165, 1.54) is 36.5 Å². The van der Waals surface area contributed by atoms with Gasteiger partial charge in [0.25, 0.3) is 5.92 Å². The van der Waals surface area contributed by atoms with Crippen molar-refractivity contribution in [2.75, 3.05) is 6.54 Å². The zero-order valence-corrected chi connectivity index (χ0v) is 11.7.